The van der Waals surface area contributed by atoms with Crippen LogP contribution in [-0.2, 0) is 27.7 Å². The Morgan fingerprint density at radius 2 is 1.81 bits per heavy atom. The first kappa shape index (κ1) is 26.7. The highest BCUT2D eigenvalue weighted by Gasteiger charge is 2.21. The van der Waals surface area contributed by atoms with E-state index in [0.29, 0.717) is 12.0 Å². The van der Waals surface area contributed by atoms with Crippen LogP contribution in [0.4, 0.5) is 18.9 Å². The molecule has 0 radical (unpaired) electrons. The molecule has 3 aromatic carbocycles. The van der Waals surface area contributed by atoms with Crippen molar-refractivity contribution < 1.29 is 31.1 Å². The molecule has 0 aromatic heterocycles. The lowest BCUT2D eigenvalue weighted by Crippen LogP contribution is -2.22. The fraction of sp³-hybridized carbons (Fsp3) is 0.200. The number of sulfonamides is 1. The van der Waals surface area contributed by atoms with Crippen molar-refractivity contribution in [3.63, 3.8) is 0 Å². The number of para-hydroxylation sites is 1. The molecule has 188 valence electrons. The number of nitrogens with zero attached hydrogens (tertiary/aromatic N) is 1. The zero-order valence-corrected chi connectivity index (χ0v) is 20.1. The summed E-state index contributed by atoms with van der Waals surface area (Å²) in [5.74, 6) is -1.96. The smallest absolute Gasteiger partial charge is 0.264 e. The number of benzene rings is 3. The molecule has 0 aliphatic rings. The zero-order valence-electron chi connectivity index (χ0n) is 19.3. The number of amides is 1. The molecule has 11 heteroatoms. The van der Waals surface area contributed by atoms with Gasteiger partial charge in [-0.15, -0.1) is 0 Å². The van der Waals surface area contributed by atoms with Crippen molar-refractivity contribution in [3.8, 4) is 17.6 Å². The summed E-state index contributed by atoms with van der Waals surface area (Å²) in [7, 11) is -2.62. The Morgan fingerprint density at radius 3 is 2.44 bits per heavy atom. The minimum Gasteiger partial charge on any atom is -0.454 e. The van der Waals surface area contributed by atoms with Crippen LogP contribution in [0.15, 0.2) is 59.5 Å². The van der Waals surface area contributed by atoms with Crippen LogP contribution in [0.2, 0.25) is 0 Å². The highest BCUT2D eigenvalue weighted by atomic mass is 32.2. The molecule has 3 aromatic rings. The minimum absolute atomic E-state index is 0.0201. The fourth-order valence-corrected chi connectivity index (χ4v) is 4.32. The van der Waals surface area contributed by atoms with Crippen molar-refractivity contribution in [1.29, 1.82) is 5.26 Å². The number of halogens is 3. The Labute approximate surface area is 206 Å². The van der Waals surface area contributed by atoms with Crippen LogP contribution >= 0.6 is 0 Å². The number of carbonyl (C=O) groups excluding carboxylic acids is 1. The van der Waals surface area contributed by atoms with Gasteiger partial charge in [0.05, 0.1) is 23.7 Å². The molecule has 0 heterocycles. The van der Waals surface area contributed by atoms with Gasteiger partial charge in [0.1, 0.15) is 10.6 Å². The Morgan fingerprint density at radius 1 is 1.11 bits per heavy atom. The Bertz CT molecular complexity index is 1440. The molecule has 7 nitrogen and oxygen atoms in total. The second kappa shape index (κ2) is 11.2. The Hall–Kier alpha value is -3.88. The number of hydrogen-bond donors (Lipinski definition) is 2. The number of rotatable bonds is 9. The van der Waals surface area contributed by atoms with Gasteiger partial charge in [-0.05, 0) is 49.4 Å². The number of nitriles is 1. The predicted molar refractivity (Wildman–Crippen MR) is 127 cm³/mol. The van der Waals surface area contributed by atoms with E-state index in [9.17, 15) is 22.0 Å². The molecular weight excluding hydrogens is 495 g/mol. The van der Waals surface area contributed by atoms with Crippen molar-refractivity contribution in [2.45, 2.75) is 31.1 Å². The number of aryl methyl sites for hydroxylation is 1. The summed E-state index contributed by atoms with van der Waals surface area (Å²) in [6, 6.07) is 13.7. The van der Waals surface area contributed by atoms with Gasteiger partial charge in [0.25, 0.3) is 6.43 Å². The van der Waals surface area contributed by atoms with Gasteiger partial charge in [0.2, 0.25) is 15.9 Å². The molecule has 3 rings (SSSR count). The molecule has 1 amide bonds. The van der Waals surface area contributed by atoms with E-state index in [-0.39, 0.29) is 33.2 Å². The number of ether oxygens (including phenoxy) is 1. The summed E-state index contributed by atoms with van der Waals surface area (Å²) in [5.41, 5.74) is -0.144. The second-order valence-corrected chi connectivity index (χ2v) is 9.47. The van der Waals surface area contributed by atoms with E-state index in [0.717, 1.165) is 12.1 Å². The average Bonchev–Trinajstić information content (AvgIpc) is 2.86. The van der Waals surface area contributed by atoms with Crippen molar-refractivity contribution in [3.05, 3.63) is 82.7 Å². The minimum atomic E-state index is -3.86. The number of anilines is 1. The molecule has 0 aliphatic heterocycles. The van der Waals surface area contributed by atoms with Gasteiger partial charge >= 0.3 is 0 Å². The van der Waals surface area contributed by atoms with Gasteiger partial charge in [0.15, 0.2) is 11.6 Å². The molecule has 0 fully saturated rings. The van der Waals surface area contributed by atoms with Crippen LogP contribution in [0.1, 0.15) is 35.6 Å². The van der Waals surface area contributed by atoms with Crippen molar-refractivity contribution in [2.75, 3.05) is 12.4 Å². The SMILES string of the molecule is CCc1ccc(CC(=O)Nc2ccccc2S(=O)(=O)NC)c(F)c1Oc1cc(C#N)cc(C(F)F)c1. The summed E-state index contributed by atoms with van der Waals surface area (Å²) < 4.78 is 74.1. The lowest BCUT2D eigenvalue weighted by Gasteiger charge is -2.15. The Kier molecular flexibility index (Phi) is 8.34. The molecule has 0 unspecified atom stereocenters. The third kappa shape index (κ3) is 6.02. The number of hydrogen-bond acceptors (Lipinski definition) is 5. The highest BCUT2D eigenvalue weighted by molar-refractivity contribution is 7.89. The molecule has 0 aliphatic carbocycles. The third-order valence-corrected chi connectivity index (χ3v) is 6.71. The maximum absolute atomic E-state index is 15.4. The van der Waals surface area contributed by atoms with E-state index in [4.69, 9.17) is 10.00 Å². The maximum atomic E-state index is 15.4. The summed E-state index contributed by atoms with van der Waals surface area (Å²) in [6.45, 7) is 1.74. The summed E-state index contributed by atoms with van der Waals surface area (Å²) >= 11 is 0. The molecule has 0 saturated heterocycles. The topological polar surface area (TPSA) is 108 Å². The van der Waals surface area contributed by atoms with Gasteiger partial charge in [-0.25, -0.2) is 26.3 Å². The van der Waals surface area contributed by atoms with Crippen molar-refractivity contribution in [1.82, 2.24) is 4.72 Å². The lowest BCUT2D eigenvalue weighted by atomic mass is 10.0. The van der Waals surface area contributed by atoms with Gasteiger partial charge in [0, 0.05) is 11.1 Å². The monoisotopic (exact) mass is 517 g/mol. The van der Waals surface area contributed by atoms with E-state index < -0.39 is 40.2 Å². The molecule has 0 spiro atoms. The van der Waals surface area contributed by atoms with E-state index in [1.54, 1.807) is 19.1 Å². The lowest BCUT2D eigenvalue weighted by molar-refractivity contribution is -0.115. The van der Waals surface area contributed by atoms with Crippen LogP contribution in [0.3, 0.4) is 0 Å². The fourth-order valence-electron chi connectivity index (χ4n) is 3.43. The number of alkyl halides is 2. The summed E-state index contributed by atoms with van der Waals surface area (Å²) in [4.78, 5) is 12.5. The summed E-state index contributed by atoms with van der Waals surface area (Å²) in [5, 5.41) is 11.6. The van der Waals surface area contributed by atoms with Crippen LogP contribution in [0.5, 0.6) is 11.5 Å². The number of carbonyl (C=O) groups is 1. The van der Waals surface area contributed by atoms with Crippen LogP contribution < -0.4 is 14.8 Å². The first-order chi connectivity index (χ1) is 17.1. The maximum Gasteiger partial charge on any atom is 0.264 e. The second-order valence-electron chi connectivity index (χ2n) is 7.61. The Balaban J connectivity index is 1.91. The van der Waals surface area contributed by atoms with Crippen LogP contribution in [0, 0.1) is 17.1 Å². The standard InChI is InChI=1S/C25H22F3N3O4S/c1-3-16-8-9-17(13-22(32)31-20-6-4-5-7-21(20)36(33,34)30-2)23(26)24(16)35-19-11-15(14-29)10-18(12-19)25(27)28/h4-12,25,30H,3,13H2,1-2H3,(H,31,32). The van der Waals surface area contributed by atoms with E-state index >= 15 is 4.39 Å². The van der Waals surface area contributed by atoms with Crippen LogP contribution in [-0.4, -0.2) is 21.4 Å². The van der Waals surface area contributed by atoms with Crippen molar-refractivity contribution in [2.24, 2.45) is 0 Å². The molecule has 0 atom stereocenters. The molecule has 0 bridgehead atoms. The quantitative estimate of drug-likeness (QED) is 0.412. The van der Waals surface area contributed by atoms with Gasteiger partial charge < -0.3 is 10.1 Å². The molecular formula is C25H22F3N3O4S. The zero-order chi connectivity index (χ0) is 26.5. The average molecular weight is 518 g/mol. The normalized spacial score (nSPS) is 11.2. The van der Waals surface area contributed by atoms with Gasteiger partial charge in [-0.1, -0.05) is 31.2 Å². The van der Waals surface area contributed by atoms with E-state index in [1.807, 2.05) is 0 Å². The van der Waals surface area contributed by atoms with E-state index in [2.05, 4.69) is 10.0 Å². The van der Waals surface area contributed by atoms with Gasteiger partial charge in [-0.2, -0.15) is 5.26 Å². The van der Waals surface area contributed by atoms with Crippen molar-refractivity contribution >= 4 is 21.6 Å². The highest BCUT2D eigenvalue weighted by Crippen LogP contribution is 2.34. The molecule has 2 N–H and O–H groups in total. The van der Waals surface area contributed by atoms with E-state index in [1.165, 1.54) is 43.4 Å². The number of nitrogens with one attached hydrogen (secondary N) is 2. The van der Waals surface area contributed by atoms with Crippen LogP contribution in [0.25, 0.3) is 0 Å². The predicted octanol–water partition coefficient (Wildman–Crippen LogP) is 5.08. The summed E-state index contributed by atoms with van der Waals surface area (Å²) in [6.07, 6.45) is -2.98. The first-order valence-electron chi connectivity index (χ1n) is 10.7. The molecule has 0 saturated carbocycles. The third-order valence-electron chi connectivity index (χ3n) is 5.24. The van der Waals surface area contributed by atoms with Gasteiger partial charge in [-0.3, -0.25) is 4.79 Å². The largest absolute Gasteiger partial charge is 0.454 e. The first-order valence-corrected chi connectivity index (χ1v) is 12.2. The molecule has 36 heavy (non-hydrogen) atoms.